The van der Waals surface area contributed by atoms with Crippen LogP contribution in [0.25, 0.3) is 10.8 Å². The molecule has 1 aromatic heterocycles. The third-order valence-corrected chi connectivity index (χ3v) is 4.95. The van der Waals surface area contributed by atoms with Crippen molar-refractivity contribution in [3.8, 4) is 5.75 Å². The molecular formula is C17H15ClOS. The van der Waals surface area contributed by atoms with E-state index in [0.29, 0.717) is 0 Å². The van der Waals surface area contributed by atoms with Crippen molar-refractivity contribution >= 4 is 33.7 Å². The second-order valence-corrected chi connectivity index (χ2v) is 6.14. The molecule has 0 bridgehead atoms. The van der Waals surface area contributed by atoms with Gasteiger partial charge in [0, 0.05) is 0 Å². The number of halogens is 1. The summed E-state index contributed by atoms with van der Waals surface area (Å²) in [6.07, 6.45) is 0.805. The van der Waals surface area contributed by atoms with E-state index in [9.17, 15) is 0 Å². The molecule has 3 aromatic rings. The van der Waals surface area contributed by atoms with Crippen LogP contribution in [-0.2, 0) is 6.42 Å². The van der Waals surface area contributed by atoms with Gasteiger partial charge in [0.1, 0.15) is 5.75 Å². The van der Waals surface area contributed by atoms with Crippen LogP contribution in [0.3, 0.4) is 0 Å². The molecule has 0 spiro atoms. The number of hydrogen-bond acceptors (Lipinski definition) is 2. The van der Waals surface area contributed by atoms with Gasteiger partial charge in [-0.05, 0) is 34.2 Å². The third-order valence-electron chi connectivity index (χ3n) is 3.44. The molecule has 0 aliphatic carbocycles. The molecule has 1 nitrogen and oxygen atoms in total. The van der Waals surface area contributed by atoms with Crippen molar-refractivity contribution in [1.82, 2.24) is 0 Å². The minimum Gasteiger partial charge on any atom is -0.496 e. The number of benzene rings is 2. The molecule has 0 radical (unpaired) electrons. The van der Waals surface area contributed by atoms with E-state index in [4.69, 9.17) is 16.3 Å². The fraction of sp³-hybridized carbons (Fsp3) is 0.176. The SMILES string of the molecule is COc1ccsc1C(Cl)Cc1cccc2ccccc12. The highest BCUT2D eigenvalue weighted by molar-refractivity contribution is 7.10. The number of fused-ring (bicyclic) bond motifs is 1. The number of alkyl halides is 1. The predicted molar refractivity (Wildman–Crippen MR) is 87.1 cm³/mol. The van der Waals surface area contributed by atoms with E-state index in [2.05, 4.69) is 42.5 Å². The topological polar surface area (TPSA) is 9.23 Å². The Bertz CT molecular complexity index is 714. The highest BCUT2D eigenvalue weighted by Crippen LogP contribution is 2.37. The van der Waals surface area contributed by atoms with Crippen LogP contribution in [0.1, 0.15) is 15.8 Å². The van der Waals surface area contributed by atoms with Crippen molar-refractivity contribution in [2.45, 2.75) is 11.8 Å². The number of rotatable bonds is 4. The zero-order valence-electron chi connectivity index (χ0n) is 11.2. The molecule has 1 atom stereocenters. The summed E-state index contributed by atoms with van der Waals surface area (Å²) >= 11 is 8.25. The van der Waals surface area contributed by atoms with Gasteiger partial charge < -0.3 is 4.74 Å². The van der Waals surface area contributed by atoms with Gasteiger partial charge in [0.05, 0.1) is 17.4 Å². The third kappa shape index (κ3) is 2.54. The number of hydrogen-bond donors (Lipinski definition) is 0. The smallest absolute Gasteiger partial charge is 0.134 e. The Morgan fingerprint density at radius 1 is 1.10 bits per heavy atom. The maximum Gasteiger partial charge on any atom is 0.134 e. The molecule has 1 heterocycles. The van der Waals surface area contributed by atoms with Gasteiger partial charge in [-0.2, -0.15) is 0 Å². The average molecular weight is 303 g/mol. The molecule has 1 unspecified atom stereocenters. The normalized spacial score (nSPS) is 12.5. The van der Waals surface area contributed by atoms with Crippen LogP contribution < -0.4 is 4.74 Å². The minimum absolute atomic E-state index is 0.0595. The number of ether oxygens (including phenoxy) is 1. The van der Waals surface area contributed by atoms with E-state index in [1.165, 1.54) is 16.3 Å². The van der Waals surface area contributed by atoms with E-state index >= 15 is 0 Å². The molecular weight excluding hydrogens is 288 g/mol. The lowest BCUT2D eigenvalue weighted by Crippen LogP contribution is -1.96. The summed E-state index contributed by atoms with van der Waals surface area (Å²) in [5, 5.41) is 4.49. The average Bonchev–Trinajstić information content (AvgIpc) is 2.96. The molecule has 20 heavy (non-hydrogen) atoms. The lowest BCUT2D eigenvalue weighted by atomic mass is 10.0. The fourth-order valence-corrected chi connectivity index (χ4v) is 3.73. The number of methoxy groups -OCH3 is 1. The van der Waals surface area contributed by atoms with Crippen LogP contribution in [-0.4, -0.2) is 7.11 Å². The standard InChI is InChI=1S/C17H15ClOS/c1-19-16-9-10-20-17(16)15(18)11-13-7-4-6-12-5-2-3-8-14(12)13/h2-10,15H,11H2,1H3. The Balaban J connectivity index is 1.93. The van der Waals surface area contributed by atoms with Crippen LogP contribution in [0.4, 0.5) is 0 Å². The van der Waals surface area contributed by atoms with Gasteiger partial charge >= 0.3 is 0 Å². The molecule has 0 aliphatic rings. The van der Waals surface area contributed by atoms with Crippen molar-refractivity contribution in [2.24, 2.45) is 0 Å². The molecule has 2 aromatic carbocycles. The zero-order chi connectivity index (χ0) is 13.9. The highest BCUT2D eigenvalue weighted by atomic mass is 35.5. The highest BCUT2D eigenvalue weighted by Gasteiger charge is 2.16. The summed E-state index contributed by atoms with van der Waals surface area (Å²) in [7, 11) is 1.69. The van der Waals surface area contributed by atoms with E-state index < -0.39 is 0 Å². The monoisotopic (exact) mass is 302 g/mol. The molecule has 0 fully saturated rings. The molecule has 0 saturated carbocycles. The first kappa shape index (κ1) is 13.5. The van der Waals surface area contributed by atoms with Crippen LogP contribution in [0.2, 0.25) is 0 Å². The maximum absolute atomic E-state index is 6.60. The van der Waals surface area contributed by atoms with Gasteiger partial charge in [0.15, 0.2) is 0 Å². The van der Waals surface area contributed by atoms with Crippen LogP contribution in [0, 0.1) is 0 Å². The Morgan fingerprint density at radius 3 is 2.75 bits per heavy atom. The quantitative estimate of drug-likeness (QED) is 0.584. The first-order valence-corrected chi connectivity index (χ1v) is 7.83. The van der Waals surface area contributed by atoms with E-state index in [1.54, 1.807) is 18.4 Å². The Kier molecular flexibility index (Phi) is 3.95. The first-order valence-electron chi connectivity index (χ1n) is 6.51. The van der Waals surface area contributed by atoms with Crippen LogP contribution in [0.5, 0.6) is 5.75 Å². The summed E-state index contributed by atoms with van der Waals surface area (Å²) in [6, 6.07) is 16.8. The van der Waals surface area contributed by atoms with Gasteiger partial charge in [-0.1, -0.05) is 42.5 Å². The molecule has 3 heteroatoms. The molecule has 0 N–H and O–H groups in total. The van der Waals surface area contributed by atoms with E-state index in [0.717, 1.165) is 17.0 Å². The summed E-state index contributed by atoms with van der Waals surface area (Å²) < 4.78 is 5.36. The van der Waals surface area contributed by atoms with Crippen molar-refractivity contribution < 1.29 is 4.74 Å². The predicted octanol–water partition coefficient (Wildman–Crippen LogP) is 5.43. The summed E-state index contributed by atoms with van der Waals surface area (Å²) in [6.45, 7) is 0. The largest absolute Gasteiger partial charge is 0.496 e. The minimum atomic E-state index is -0.0595. The molecule has 0 amide bonds. The maximum atomic E-state index is 6.60. The Hall–Kier alpha value is -1.51. The van der Waals surface area contributed by atoms with Crippen molar-refractivity contribution in [1.29, 1.82) is 0 Å². The second kappa shape index (κ2) is 5.86. The first-order chi connectivity index (χ1) is 9.79. The second-order valence-electron chi connectivity index (χ2n) is 4.66. The van der Waals surface area contributed by atoms with Crippen LogP contribution in [0.15, 0.2) is 53.9 Å². The van der Waals surface area contributed by atoms with Crippen molar-refractivity contribution in [3.05, 3.63) is 64.4 Å². The van der Waals surface area contributed by atoms with Gasteiger partial charge in [0.25, 0.3) is 0 Å². The van der Waals surface area contributed by atoms with Gasteiger partial charge in [-0.25, -0.2) is 0 Å². The summed E-state index contributed by atoms with van der Waals surface area (Å²) in [5.74, 6) is 0.884. The van der Waals surface area contributed by atoms with Crippen LogP contribution >= 0.6 is 22.9 Å². The van der Waals surface area contributed by atoms with Crippen molar-refractivity contribution in [2.75, 3.05) is 7.11 Å². The molecule has 0 saturated heterocycles. The molecule has 102 valence electrons. The fourth-order valence-electron chi connectivity index (χ4n) is 2.46. The van der Waals surface area contributed by atoms with Gasteiger partial charge in [0.2, 0.25) is 0 Å². The van der Waals surface area contributed by atoms with Gasteiger partial charge in [-0.3, -0.25) is 0 Å². The lowest BCUT2D eigenvalue weighted by Gasteiger charge is -2.12. The van der Waals surface area contributed by atoms with Gasteiger partial charge in [-0.15, -0.1) is 22.9 Å². The molecule has 0 aliphatic heterocycles. The van der Waals surface area contributed by atoms with Crippen molar-refractivity contribution in [3.63, 3.8) is 0 Å². The summed E-state index contributed by atoms with van der Waals surface area (Å²) in [5.41, 5.74) is 1.28. The Morgan fingerprint density at radius 2 is 1.90 bits per heavy atom. The number of thiophene rings is 1. The lowest BCUT2D eigenvalue weighted by molar-refractivity contribution is 0.412. The Labute approximate surface area is 127 Å². The van der Waals surface area contributed by atoms with E-state index in [1.807, 2.05) is 11.4 Å². The molecule has 3 rings (SSSR count). The van der Waals surface area contributed by atoms with E-state index in [-0.39, 0.29) is 5.38 Å². The zero-order valence-corrected chi connectivity index (χ0v) is 12.7. The summed E-state index contributed by atoms with van der Waals surface area (Å²) in [4.78, 5) is 1.10.